The van der Waals surface area contributed by atoms with E-state index >= 15 is 4.39 Å². The molecule has 3 rings (SSSR count). The Bertz CT molecular complexity index is 979. The zero-order valence-electron chi connectivity index (χ0n) is 15.7. The first-order chi connectivity index (χ1) is 13.3. The van der Waals surface area contributed by atoms with E-state index in [4.69, 9.17) is 22.1 Å². The number of fused-ring (bicyclic) bond motifs is 1. The van der Waals surface area contributed by atoms with Crippen molar-refractivity contribution in [2.75, 3.05) is 30.5 Å². The highest BCUT2D eigenvalue weighted by Crippen LogP contribution is 2.33. The summed E-state index contributed by atoms with van der Waals surface area (Å²) in [6.07, 6.45) is 1.85. The average molecular weight is 414 g/mol. The van der Waals surface area contributed by atoms with Crippen LogP contribution in [0.5, 0.6) is 0 Å². The lowest BCUT2D eigenvalue weighted by molar-refractivity contribution is 0.0524. The molecule has 1 fully saturated rings. The average Bonchev–Trinajstić information content (AvgIpc) is 3.07. The maximum Gasteiger partial charge on any atom is 0.343 e. The van der Waals surface area contributed by atoms with Crippen LogP contribution in [-0.4, -0.2) is 42.2 Å². The molecule has 0 amide bonds. The third kappa shape index (κ3) is 3.46. The lowest BCUT2D eigenvalue weighted by Crippen LogP contribution is -2.29. The van der Waals surface area contributed by atoms with Crippen LogP contribution in [0.3, 0.4) is 0 Å². The van der Waals surface area contributed by atoms with Gasteiger partial charge >= 0.3 is 5.97 Å². The number of aromatic nitrogens is 1. The van der Waals surface area contributed by atoms with E-state index in [0.29, 0.717) is 19.5 Å². The van der Waals surface area contributed by atoms with Crippen molar-refractivity contribution in [2.45, 2.75) is 32.4 Å². The van der Waals surface area contributed by atoms with Gasteiger partial charge in [0, 0.05) is 37.3 Å². The minimum atomic E-state index is -0.873. The molecular formula is C19H22ClF2N3O3. The van der Waals surface area contributed by atoms with Gasteiger partial charge in [-0.1, -0.05) is 0 Å². The molecule has 6 nitrogen and oxygen atoms in total. The molecular weight excluding hydrogens is 392 g/mol. The van der Waals surface area contributed by atoms with E-state index in [1.54, 1.807) is 13.8 Å². The molecule has 1 aromatic heterocycles. The number of carbonyl (C=O) groups is 1. The van der Waals surface area contributed by atoms with E-state index in [2.05, 4.69) is 0 Å². The zero-order valence-corrected chi connectivity index (χ0v) is 16.4. The summed E-state index contributed by atoms with van der Waals surface area (Å²) in [6.45, 7) is 4.11. The van der Waals surface area contributed by atoms with Gasteiger partial charge in [0.05, 0.1) is 17.5 Å². The Morgan fingerprint density at radius 3 is 2.75 bits per heavy atom. The second kappa shape index (κ2) is 8.05. The van der Waals surface area contributed by atoms with E-state index in [1.165, 1.54) is 15.7 Å². The molecule has 2 N–H and O–H groups in total. The summed E-state index contributed by atoms with van der Waals surface area (Å²) in [5.41, 5.74) is 4.48. The number of anilines is 1. The van der Waals surface area contributed by atoms with Gasteiger partial charge in [0.25, 0.3) is 0 Å². The van der Waals surface area contributed by atoms with Gasteiger partial charge in [0.15, 0.2) is 5.82 Å². The third-order valence-corrected chi connectivity index (χ3v) is 5.36. The molecule has 2 aromatic rings. The van der Waals surface area contributed by atoms with Crippen molar-refractivity contribution in [3.8, 4) is 0 Å². The van der Waals surface area contributed by atoms with Gasteiger partial charge in [-0.05, 0) is 26.3 Å². The van der Waals surface area contributed by atoms with Crippen LogP contribution in [0.2, 0.25) is 0 Å². The van der Waals surface area contributed by atoms with Gasteiger partial charge in [0.2, 0.25) is 5.43 Å². The van der Waals surface area contributed by atoms with Crippen molar-refractivity contribution in [1.29, 1.82) is 0 Å². The number of carbonyl (C=O) groups excluding carboxylic acids is 1. The van der Waals surface area contributed by atoms with Crippen LogP contribution < -0.4 is 16.1 Å². The van der Waals surface area contributed by atoms with Gasteiger partial charge in [-0.15, -0.1) is 11.6 Å². The summed E-state index contributed by atoms with van der Waals surface area (Å²) >= 11 is 5.95. The number of benzene rings is 1. The fourth-order valence-electron chi connectivity index (χ4n) is 3.49. The first-order valence-corrected chi connectivity index (χ1v) is 9.64. The molecule has 2 atom stereocenters. The number of ether oxygens (including phenoxy) is 1. The Balaban J connectivity index is 2.33. The number of rotatable bonds is 5. The van der Waals surface area contributed by atoms with Crippen LogP contribution in [-0.2, 0) is 4.74 Å². The summed E-state index contributed by atoms with van der Waals surface area (Å²) < 4.78 is 36.6. The van der Waals surface area contributed by atoms with Crippen molar-refractivity contribution in [3.63, 3.8) is 0 Å². The predicted molar refractivity (Wildman–Crippen MR) is 104 cm³/mol. The monoisotopic (exact) mass is 413 g/mol. The third-order valence-electron chi connectivity index (χ3n) is 4.92. The number of nitrogens with two attached hydrogens (primary N) is 1. The maximum atomic E-state index is 15.5. The molecule has 9 heteroatoms. The number of hydrogen-bond donors (Lipinski definition) is 1. The number of esters is 1. The predicted octanol–water partition coefficient (Wildman–Crippen LogP) is 2.79. The van der Waals surface area contributed by atoms with Crippen LogP contribution in [0.1, 0.15) is 36.7 Å². The molecule has 28 heavy (non-hydrogen) atoms. The van der Waals surface area contributed by atoms with E-state index in [9.17, 15) is 14.0 Å². The van der Waals surface area contributed by atoms with Crippen LogP contribution in [0.4, 0.5) is 14.5 Å². The van der Waals surface area contributed by atoms with Crippen LogP contribution in [0.25, 0.3) is 10.9 Å². The summed E-state index contributed by atoms with van der Waals surface area (Å²) in [7, 11) is 0. The van der Waals surface area contributed by atoms with Gasteiger partial charge < -0.3 is 19.9 Å². The summed E-state index contributed by atoms with van der Waals surface area (Å²) in [5, 5.41) is -0.232. The van der Waals surface area contributed by atoms with Crippen molar-refractivity contribution in [1.82, 2.24) is 4.57 Å². The number of nitrogens with zero attached hydrogens (tertiary/aromatic N) is 2. The Morgan fingerprint density at radius 1 is 1.46 bits per heavy atom. The summed E-state index contributed by atoms with van der Waals surface area (Å²) in [6, 6.07) is 0.344. The Hall–Kier alpha value is -2.19. The van der Waals surface area contributed by atoms with Gasteiger partial charge in [0.1, 0.15) is 17.1 Å². The lowest BCUT2D eigenvalue weighted by atomic mass is 10.1. The first kappa shape index (κ1) is 20.5. The molecule has 152 valence electrons. The van der Waals surface area contributed by atoms with E-state index in [-0.39, 0.29) is 40.7 Å². The van der Waals surface area contributed by atoms with E-state index < -0.39 is 29.1 Å². The largest absolute Gasteiger partial charge is 0.462 e. The van der Waals surface area contributed by atoms with Crippen LogP contribution in [0.15, 0.2) is 17.1 Å². The molecule has 0 aliphatic carbocycles. The van der Waals surface area contributed by atoms with Crippen molar-refractivity contribution < 1.29 is 18.3 Å². The number of alkyl halides is 1. The second-order valence-electron chi connectivity index (χ2n) is 6.91. The van der Waals surface area contributed by atoms with E-state index in [0.717, 1.165) is 6.07 Å². The highest BCUT2D eigenvalue weighted by Gasteiger charge is 2.29. The smallest absolute Gasteiger partial charge is 0.343 e. The quantitative estimate of drug-likeness (QED) is 0.602. The normalized spacial score (nSPS) is 17.9. The Kier molecular flexibility index (Phi) is 5.90. The van der Waals surface area contributed by atoms with Gasteiger partial charge in [-0.3, -0.25) is 4.79 Å². The second-order valence-corrected chi connectivity index (χ2v) is 7.22. The highest BCUT2D eigenvalue weighted by molar-refractivity contribution is 6.18. The van der Waals surface area contributed by atoms with Crippen molar-refractivity contribution in [2.24, 2.45) is 5.73 Å². The van der Waals surface area contributed by atoms with Gasteiger partial charge in [-0.2, -0.15) is 0 Å². The number of halogens is 3. The molecule has 1 aromatic carbocycles. The lowest BCUT2D eigenvalue weighted by Gasteiger charge is -2.23. The van der Waals surface area contributed by atoms with Crippen molar-refractivity contribution in [3.05, 3.63) is 39.7 Å². The van der Waals surface area contributed by atoms with Crippen molar-refractivity contribution >= 4 is 34.2 Å². The molecule has 2 heterocycles. The zero-order chi connectivity index (χ0) is 20.6. The summed E-state index contributed by atoms with van der Waals surface area (Å²) in [5.74, 6) is -2.49. The Labute approximate surface area is 165 Å². The van der Waals surface area contributed by atoms with E-state index in [1.807, 2.05) is 0 Å². The number of hydrogen-bond acceptors (Lipinski definition) is 5. The fraction of sp³-hybridized carbons (Fsp3) is 0.474. The molecule has 0 spiro atoms. The minimum Gasteiger partial charge on any atom is -0.462 e. The minimum absolute atomic E-state index is 0.0677. The molecule has 0 saturated carbocycles. The SMILES string of the molecule is CCOC(=O)c1cn(C(C)CCl)c2c(F)c(N3CCC(N)C3)c(F)cc2c1=O. The molecule has 0 bridgehead atoms. The highest BCUT2D eigenvalue weighted by atomic mass is 35.5. The molecule has 1 aliphatic rings. The Morgan fingerprint density at radius 2 is 2.18 bits per heavy atom. The fourth-order valence-corrected chi connectivity index (χ4v) is 3.64. The molecule has 2 unspecified atom stereocenters. The van der Waals surface area contributed by atoms with Crippen LogP contribution in [0, 0.1) is 11.6 Å². The topological polar surface area (TPSA) is 77.6 Å². The standard InChI is InChI=1S/C19H22ClF2N3O3/c1-3-28-19(27)13-9-25(10(2)7-20)16-12(18(13)26)6-14(21)17(15(16)22)24-5-4-11(23)8-24/h6,9-11H,3-5,7-8,23H2,1-2H3. The number of pyridine rings is 1. The maximum absolute atomic E-state index is 15.5. The molecule has 1 saturated heterocycles. The summed E-state index contributed by atoms with van der Waals surface area (Å²) in [4.78, 5) is 26.5. The first-order valence-electron chi connectivity index (χ1n) is 9.10. The molecule has 1 aliphatic heterocycles. The van der Waals surface area contributed by atoms with Gasteiger partial charge in [-0.25, -0.2) is 13.6 Å². The van der Waals surface area contributed by atoms with Crippen LogP contribution >= 0.6 is 11.6 Å². The molecule has 0 radical (unpaired) electrons.